The van der Waals surface area contributed by atoms with E-state index in [-0.39, 0.29) is 0 Å². The van der Waals surface area contributed by atoms with E-state index in [2.05, 4.69) is 15.5 Å². The van der Waals surface area contributed by atoms with Crippen LogP contribution in [0.2, 0.25) is 0 Å². The van der Waals surface area contributed by atoms with Crippen LogP contribution in [-0.2, 0) is 0 Å². The van der Waals surface area contributed by atoms with Crippen LogP contribution in [0.5, 0.6) is 0 Å². The molecule has 0 unspecified atom stereocenters. The van der Waals surface area contributed by atoms with Crippen LogP contribution in [0.4, 0.5) is 0 Å². The molecule has 2 aliphatic heterocycles. The van der Waals surface area contributed by atoms with E-state index in [4.69, 9.17) is 5.73 Å². The predicted molar refractivity (Wildman–Crippen MR) is 71.0 cm³/mol. The van der Waals surface area contributed by atoms with Gasteiger partial charge in [0.15, 0.2) is 0 Å². The Kier molecular flexibility index (Phi) is 5.18. The first kappa shape index (κ1) is 13.2. The molecule has 4 N–H and O–H groups in total. The number of nitrogens with one attached hydrogen (secondary N) is 2. The van der Waals surface area contributed by atoms with Crippen molar-refractivity contribution in [3.05, 3.63) is 0 Å². The summed E-state index contributed by atoms with van der Waals surface area (Å²) in [6.07, 6.45) is 0. The van der Waals surface area contributed by atoms with Crippen LogP contribution >= 0.6 is 0 Å². The van der Waals surface area contributed by atoms with Gasteiger partial charge in [-0.15, -0.1) is 0 Å². The molecule has 2 aliphatic rings. The second kappa shape index (κ2) is 6.66. The highest BCUT2D eigenvalue weighted by Crippen LogP contribution is 2.08. The molecule has 100 valence electrons. The van der Waals surface area contributed by atoms with Gasteiger partial charge in [-0.1, -0.05) is 0 Å². The lowest BCUT2D eigenvalue weighted by Crippen LogP contribution is -2.57. The predicted octanol–water partition coefficient (Wildman–Crippen LogP) is -1.73. The van der Waals surface area contributed by atoms with Gasteiger partial charge in [-0.25, -0.2) is 0 Å². The maximum atomic E-state index is 5.83. The van der Waals surface area contributed by atoms with E-state index in [1.54, 1.807) is 0 Å². The number of fused-ring (bicyclic) bond motifs is 3. The van der Waals surface area contributed by atoms with Gasteiger partial charge in [-0.2, -0.15) is 0 Å². The van der Waals surface area contributed by atoms with E-state index < -0.39 is 0 Å². The lowest BCUT2D eigenvalue weighted by atomic mass is 10.3. The van der Waals surface area contributed by atoms with Crippen LogP contribution < -0.4 is 16.4 Å². The number of hydrogen-bond donors (Lipinski definition) is 3. The summed E-state index contributed by atoms with van der Waals surface area (Å²) in [7, 11) is 0. The van der Waals surface area contributed by atoms with E-state index in [9.17, 15) is 0 Å². The van der Waals surface area contributed by atoms with Crippen molar-refractivity contribution in [2.24, 2.45) is 5.73 Å². The summed E-state index contributed by atoms with van der Waals surface area (Å²) in [5.41, 5.74) is 5.83. The van der Waals surface area contributed by atoms with Crippen molar-refractivity contribution in [1.29, 1.82) is 0 Å². The minimum atomic E-state index is 0.806. The van der Waals surface area contributed by atoms with Gasteiger partial charge in [-0.05, 0) is 0 Å². The second-order valence-corrected chi connectivity index (χ2v) is 5.37. The standard InChI is InChI=1S/C12H28N5/c13-1-9-17-10-4-14-2-6-16(8-12-17)7-3-15-5-11-17/h14-15H,1-13H2/q+1. The monoisotopic (exact) mass is 242 g/mol. The Balaban J connectivity index is 2.07. The number of quaternary nitrogens is 1. The molecule has 0 radical (unpaired) electrons. The van der Waals surface area contributed by atoms with Gasteiger partial charge in [-0.3, -0.25) is 4.90 Å². The lowest BCUT2D eigenvalue weighted by Gasteiger charge is -2.38. The normalized spacial score (nSPS) is 36.2. The first-order valence-corrected chi connectivity index (χ1v) is 7.04. The number of nitrogens with zero attached hydrogens (tertiary/aromatic N) is 2. The number of hydrogen-bond acceptors (Lipinski definition) is 4. The van der Waals surface area contributed by atoms with Crippen LogP contribution in [0.1, 0.15) is 0 Å². The molecule has 2 saturated heterocycles. The molecule has 2 fully saturated rings. The fourth-order valence-electron chi connectivity index (χ4n) is 2.99. The average molecular weight is 242 g/mol. The van der Waals surface area contributed by atoms with Gasteiger partial charge in [0.25, 0.3) is 0 Å². The van der Waals surface area contributed by atoms with E-state index in [0.29, 0.717) is 0 Å². The van der Waals surface area contributed by atoms with Crippen molar-refractivity contribution in [2.45, 2.75) is 0 Å². The van der Waals surface area contributed by atoms with Crippen LogP contribution in [0.15, 0.2) is 0 Å². The molecule has 17 heavy (non-hydrogen) atoms. The Morgan fingerprint density at radius 2 is 1.53 bits per heavy atom. The SMILES string of the molecule is NCC[N+]12CCNCCN(CCNCC1)CC2. The van der Waals surface area contributed by atoms with Crippen molar-refractivity contribution in [3.8, 4) is 0 Å². The zero-order chi connectivity index (χ0) is 12.0. The molecule has 0 aliphatic carbocycles. The quantitative estimate of drug-likeness (QED) is 0.504. The molecule has 0 aromatic heterocycles. The third kappa shape index (κ3) is 3.89. The highest BCUT2D eigenvalue weighted by Gasteiger charge is 2.28. The van der Waals surface area contributed by atoms with Crippen molar-refractivity contribution in [3.63, 3.8) is 0 Å². The van der Waals surface area contributed by atoms with Gasteiger partial charge in [0.05, 0.1) is 26.2 Å². The van der Waals surface area contributed by atoms with Gasteiger partial charge in [0.2, 0.25) is 0 Å². The molecule has 0 spiro atoms. The molecule has 2 heterocycles. The first-order valence-electron chi connectivity index (χ1n) is 7.04. The minimum Gasteiger partial charge on any atom is -0.326 e. The summed E-state index contributed by atoms with van der Waals surface area (Å²) in [4.78, 5) is 2.58. The molecule has 0 saturated carbocycles. The summed E-state index contributed by atoms with van der Waals surface area (Å²) in [5.74, 6) is 0. The van der Waals surface area contributed by atoms with Crippen LogP contribution in [-0.4, -0.2) is 87.9 Å². The fourth-order valence-corrected chi connectivity index (χ4v) is 2.99. The van der Waals surface area contributed by atoms with Gasteiger partial charge in [0.1, 0.15) is 0 Å². The van der Waals surface area contributed by atoms with E-state index in [0.717, 1.165) is 39.3 Å². The topological polar surface area (TPSA) is 53.3 Å². The highest BCUT2D eigenvalue weighted by molar-refractivity contribution is 4.67. The third-order valence-electron chi connectivity index (χ3n) is 4.23. The summed E-state index contributed by atoms with van der Waals surface area (Å²) in [6, 6.07) is 0. The maximum absolute atomic E-state index is 5.83. The molecular weight excluding hydrogens is 214 g/mol. The Morgan fingerprint density at radius 3 is 2.12 bits per heavy atom. The lowest BCUT2D eigenvalue weighted by molar-refractivity contribution is -0.924. The molecule has 2 rings (SSSR count). The number of rotatable bonds is 2. The Bertz CT molecular complexity index is 207. The fraction of sp³-hybridized carbons (Fsp3) is 1.00. The minimum absolute atomic E-state index is 0.806. The molecule has 0 amide bonds. The highest BCUT2D eigenvalue weighted by atomic mass is 15.4. The van der Waals surface area contributed by atoms with E-state index in [1.807, 2.05) is 0 Å². The van der Waals surface area contributed by atoms with Crippen molar-refractivity contribution >= 4 is 0 Å². The molecule has 0 aromatic carbocycles. The second-order valence-electron chi connectivity index (χ2n) is 5.37. The Hall–Kier alpha value is -0.200. The third-order valence-corrected chi connectivity index (χ3v) is 4.23. The van der Waals surface area contributed by atoms with Crippen molar-refractivity contribution in [2.75, 3.05) is 78.5 Å². The summed E-state index contributed by atoms with van der Waals surface area (Å²) in [6.45, 7) is 13.8. The molecule has 5 heteroatoms. The number of nitrogens with two attached hydrogens (primary N) is 1. The average Bonchev–Trinajstić information content (AvgIpc) is 2.46. The Labute approximate surface area is 105 Å². The van der Waals surface area contributed by atoms with E-state index >= 15 is 0 Å². The summed E-state index contributed by atoms with van der Waals surface area (Å²) in [5, 5.41) is 7.14. The van der Waals surface area contributed by atoms with Crippen LogP contribution in [0, 0.1) is 0 Å². The molecule has 0 aromatic rings. The van der Waals surface area contributed by atoms with Crippen LogP contribution in [0.3, 0.4) is 0 Å². The van der Waals surface area contributed by atoms with Gasteiger partial charge < -0.3 is 20.9 Å². The molecule has 5 nitrogen and oxygen atoms in total. The first-order chi connectivity index (χ1) is 8.35. The van der Waals surface area contributed by atoms with Crippen molar-refractivity contribution in [1.82, 2.24) is 15.5 Å². The maximum Gasteiger partial charge on any atom is 0.0917 e. The summed E-state index contributed by atoms with van der Waals surface area (Å²) >= 11 is 0. The van der Waals surface area contributed by atoms with E-state index in [1.165, 1.54) is 43.8 Å². The summed E-state index contributed by atoms with van der Waals surface area (Å²) < 4.78 is 1.19. The Morgan fingerprint density at radius 1 is 0.882 bits per heavy atom. The molecule has 2 bridgehead atoms. The zero-order valence-corrected chi connectivity index (χ0v) is 11.0. The van der Waals surface area contributed by atoms with Gasteiger partial charge in [0, 0.05) is 52.4 Å². The largest absolute Gasteiger partial charge is 0.326 e. The van der Waals surface area contributed by atoms with Gasteiger partial charge >= 0.3 is 0 Å². The zero-order valence-electron chi connectivity index (χ0n) is 11.0. The smallest absolute Gasteiger partial charge is 0.0917 e. The molecular formula is C12H28N5+. The van der Waals surface area contributed by atoms with Crippen LogP contribution in [0.25, 0.3) is 0 Å². The van der Waals surface area contributed by atoms with Crippen molar-refractivity contribution < 1.29 is 4.48 Å². The molecule has 0 atom stereocenters.